The Hall–Kier alpha value is -2.14. The van der Waals surface area contributed by atoms with Crippen molar-refractivity contribution in [1.29, 1.82) is 0 Å². The largest absolute Gasteiger partial charge is 0.356 e. The average Bonchev–Trinajstić information content (AvgIpc) is 2.71. The topological polar surface area (TPSA) is 99.7 Å². The van der Waals surface area contributed by atoms with E-state index in [0.717, 1.165) is 17.5 Å². The number of halogens is 1. The van der Waals surface area contributed by atoms with Crippen molar-refractivity contribution in [3.05, 3.63) is 65.7 Å². The molecule has 0 heterocycles. The highest BCUT2D eigenvalue weighted by Crippen LogP contribution is 2.10. The Balaban J connectivity index is 0.00000450. The lowest BCUT2D eigenvalue weighted by molar-refractivity contribution is -0.121. The molecule has 0 aliphatic heterocycles. The number of sulfone groups is 1. The number of hydrogen-bond donors (Lipinski definition) is 3. The second-order valence-electron chi connectivity index (χ2n) is 6.60. The molecule has 0 aliphatic rings. The van der Waals surface area contributed by atoms with Crippen molar-refractivity contribution in [2.24, 2.45) is 4.99 Å². The monoisotopic (exact) mass is 544 g/mol. The summed E-state index contributed by atoms with van der Waals surface area (Å²) in [5.74, 6) is 0.594. The number of carbonyl (C=O) groups is 1. The molecule has 0 unspecified atom stereocenters. The predicted octanol–water partition coefficient (Wildman–Crippen LogP) is 2.12. The van der Waals surface area contributed by atoms with E-state index >= 15 is 0 Å². The first-order valence-corrected chi connectivity index (χ1v) is 11.3. The van der Waals surface area contributed by atoms with E-state index in [2.05, 4.69) is 20.9 Å². The van der Waals surface area contributed by atoms with E-state index in [-0.39, 0.29) is 29.9 Å². The normalized spacial score (nSPS) is 11.3. The first kappa shape index (κ1) is 25.9. The van der Waals surface area contributed by atoms with Gasteiger partial charge >= 0.3 is 0 Å². The lowest BCUT2D eigenvalue weighted by Gasteiger charge is -2.12. The fraction of sp³-hybridized carbons (Fsp3) is 0.333. The van der Waals surface area contributed by atoms with E-state index in [1.165, 1.54) is 6.26 Å². The SMILES string of the molecule is CN=C(NCCC(=O)NCc1ccccc1)NCCc1ccc(S(C)(=O)=O)cc1.I. The molecule has 9 heteroatoms. The van der Waals surface area contributed by atoms with Gasteiger partial charge in [-0.1, -0.05) is 42.5 Å². The van der Waals surface area contributed by atoms with Gasteiger partial charge in [0.05, 0.1) is 4.90 Å². The Morgan fingerprint density at radius 2 is 1.53 bits per heavy atom. The summed E-state index contributed by atoms with van der Waals surface area (Å²) in [6.07, 6.45) is 2.27. The van der Waals surface area contributed by atoms with Crippen LogP contribution in [0.1, 0.15) is 17.5 Å². The van der Waals surface area contributed by atoms with Crippen LogP contribution in [0.3, 0.4) is 0 Å². The number of aliphatic imine (C=N–C) groups is 1. The zero-order valence-corrected chi connectivity index (χ0v) is 20.4. The van der Waals surface area contributed by atoms with E-state index in [1.54, 1.807) is 19.2 Å². The first-order valence-electron chi connectivity index (χ1n) is 9.42. The van der Waals surface area contributed by atoms with Gasteiger partial charge in [-0.2, -0.15) is 0 Å². The van der Waals surface area contributed by atoms with E-state index in [1.807, 2.05) is 42.5 Å². The van der Waals surface area contributed by atoms with Gasteiger partial charge in [0.1, 0.15) is 0 Å². The number of hydrogen-bond acceptors (Lipinski definition) is 4. The second kappa shape index (κ2) is 13.2. The molecule has 7 nitrogen and oxygen atoms in total. The van der Waals surface area contributed by atoms with Crippen molar-refractivity contribution in [1.82, 2.24) is 16.0 Å². The van der Waals surface area contributed by atoms with Crippen molar-refractivity contribution in [3.63, 3.8) is 0 Å². The molecule has 0 saturated heterocycles. The molecule has 0 radical (unpaired) electrons. The maximum atomic E-state index is 11.9. The van der Waals surface area contributed by atoms with Crippen molar-refractivity contribution in [2.75, 3.05) is 26.4 Å². The van der Waals surface area contributed by atoms with Crippen molar-refractivity contribution in [2.45, 2.75) is 24.3 Å². The zero-order valence-electron chi connectivity index (χ0n) is 17.2. The molecule has 0 fully saturated rings. The van der Waals surface area contributed by atoms with Crippen LogP contribution >= 0.6 is 24.0 Å². The standard InChI is InChI=1S/C21H28N4O3S.HI/c1-22-21(23-14-12-17-8-10-19(11-9-17)29(2,27)28)24-15-13-20(26)25-16-18-6-4-3-5-7-18;/h3-11H,12-16H2,1-2H3,(H,25,26)(H2,22,23,24);1H. The van der Waals surface area contributed by atoms with Crippen LogP contribution in [0.5, 0.6) is 0 Å². The summed E-state index contributed by atoms with van der Waals surface area (Å²) in [7, 11) is -1.50. The Morgan fingerprint density at radius 3 is 2.13 bits per heavy atom. The summed E-state index contributed by atoms with van der Waals surface area (Å²) in [6.45, 7) is 1.63. The Kier molecular flexibility index (Phi) is 11.4. The minimum absolute atomic E-state index is 0. The van der Waals surface area contributed by atoms with Gasteiger partial charge in [-0.25, -0.2) is 8.42 Å². The highest BCUT2D eigenvalue weighted by atomic mass is 127. The van der Waals surface area contributed by atoms with E-state index in [4.69, 9.17) is 0 Å². The van der Waals surface area contributed by atoms with Gasteiger partial charge < -0.3 is 16.0 Å². The maximum Gasteiger partial charge on any atom is 0.222 e. The highest BCUT2D eigenvalue weighted by molar-refractivity contribution is 14.0. The van der Waals surface area contributed by atoms with Gasteiger partial charge in [0.2, 0.25) is 5.91 Å². The van der Waals surface area contributed by atoms with Crippen LogP contribution < -0.4 is 16.0 Å². The molecule has 3 N–H and O–H groups in total. The number of benzene rings is 2. The lowest BCUT2D eigenvalue weighted by atomic mass is 10.1. The number of nitrogens with one attached hydrogen (secondary N) is 3. The molecule has 2 aromatic rings. The van der Waals surface area contributed by atoms with Crippen LogP contribution in [0.2, 0.25) is 0 Å². The smallest absolute Gasteiger partial charge is 0.222 e. The summed E-state index contributed by atoms with van der Waals surface area (Å²) < 4.78 is 23.0. The van der Waals surface area contributed by atoms with Gasteiger partial charge in [-0.15, -0.1) is 24.0 Å². The molecule has 0 aliphatic carbocycles. The molecule has 2 aromatic carbocycles. The minimum atomic E-state index is -3.17. The molecule has 1 amide bonds. The van der Waals surface area contributed by atoms with Crippen molar-refractivity contribution in [3.8, 4) is 0 Å². The number of nitrogens with zero attached hydrogens (tertiary/aromatic N) is 1. The van der Waals surface area contributed by atoms with Crippen molar-refractivity contribution < 1.29 is 13.2 Å². The Labute approximate surface area is 195 Å². The molecular formula is C21H29IN4O3S. The van der Waals surface area contributed by atoms with E-state index < -0.39 is 9.84 Å². The van der Waals surface area contributed by atoms with Crippen LogP contribution in [0, 0.1) is 0 Å². The summed E-state index contributed by atoms with van der Waals surface area (Å²) >= 11 is 0. The summed E-state index contributed by atoms with van der Waals surface area (Å²) in [5.41, 5.74) is 2.09. The van der Waals surface area contributed by atoms with Crippen LogP contribution in [0.15, 0.2) is 64.5 Å². The number of rotatable bonds is 9. The van der Waals surface area contributed by atoms with Gasteiger partial charge in [0, 0.05) is 39.4 Å². The molecule has 0 atom stereocenters. The fourth-order valence-corrected chi connectivity index (χ4v) is 3.26. The van der Waals surface area contributed by atoms with Gasteiger partial charge in [-0.3, -0.25) is 9.79 Å². The Morgan fingerprint density at radius 1 is 0.900 bits per heavy atom. The zero-order chi connectivity index (χ0) is 21.1. The molecule has 0 aromatic heterocycles. The number of amides is 1. The predicted molar refractivity (Wildman–Crippen MR) is 131 cm³/mol. The second-order valence-corrected chi connectivity index (χ2v) is 8.62. The van der Waals surface area contributed by atoms with Crippen LogP contribution in [-0.2, 0) is 27.6 Å². The summed E-state index contributed by atoms with van der Waals surface area (Å²) in [4.78, 5) is 16.4. The van der Waals surface area contributed by atoms with Crippen LogP contribution in [0.4, 0.5) is 0 Å². The Bertz CT molecular complexity index is 917. The third-order valence-electron chi connectivity index (χ3n) is 4.26. The molecule has 0 saturated carbocycles. The average molecular weight is 544 g/mol. The van der Waals surface area contributed by atoms with Gasteiger partial charge in [0.15, 0.2) is 15.8 Å². The maximum absolute atomic E-state index is 11.9. The number of carbonyl (C=O) groups excluding carboxylic acids is 1. The van der Waals surface area contributed by atoms with Gasteiger partial charge in [-0.05, 0) is 29.7 Å². The molecule has 30 heavy (non-hydrogen) atoms. The highest BCUT2D eigenvalue weighted by Gasteiger charge is 2.06. The minimum Gasteiger partial charge on any atom is -0.356 e. The summed E-state index contributed by atoms with van der Waals surface area (Å²) in [5, 5.41) is 9.18. The molecule has 0 spiro atoms. The number of guanidine groups is 1. The van der Waals surface area contributed by atoms with Gasteiger partial charge in [0.25, 0.3) is 0 Å². The summed E-state index contributed by atoms with van der Waals surface area (Å²) in [6, 6.07) is 16.6. The molecule has 0 bridgehead atoms. The third-order valence-corrected chi connectivity index (χ3v) is 5.39. The van der Waals surface area contributed by atoms with Crippen LogP contribution in [0.25, 0.3) is 0 Å². The third kappa shape index (κ3) is 9.57. The first-order chi connectivity index (χ1) is 13.9. The fourth-order valence-electron chi connectivity index (χ4n) is 2.63. The lowest BCUT2D eigenvalue weighted by Crippen LogP contribution is -2.40. The van der Waals surface area contributed by atoms with E-state index in [0.29, 0.717) is 36.9 Å². The quantitative estimate of drug-likeness (QED) is 0.255. The molecule has 2 rings (SSSR count). The van der Waals surface area contributed by atoms with Crippen LogP contribution in [-0.4, -0.2) is 46.7 Å². The molecular weight excluding hydrogens is 515 g/mol. The van der Waals surface area contributed by atoms with E-state index in [9.17, 15) is 13.2 Å². The van der Waals surface area contributed by atoms with Crippen molar-refractivity contribution >= 4 is 45.7 Å². The molecule has 164 valence electrons.